The quantitative estimate of drug-likeness (QED) is 0.663. The van der Waals surface area contributed by atoms with Gasteiger partial charge in [-0.25, -0.2) is 9.37 Å². The Morgan fingerprint density at radius 1 is 1.21 bits per heavy atom. The molecule has 0 aliphatic carbocycles. The van der Waals surface area contributed by atoms with Crippen molar-refractivity contribution in [1.82, 2.24) is 4.98 Å². The van der Waals surface area contributed by atoms with Gasteiger partial charge >= 0.3 is 0 Å². The predicted octanol–water partition coefficient (Wildman–Crippen LogP) is 4.85. The van der Waals surface area contributed by atoms with Crippen molar-refractivity contribution in [3.8, 4) is 11.3 Å². The number of hydrogen-bond acceptors (Lipinski definition) is 4. The molecular formula is C18H15FN2OS2. The van der Waals surface area contributed by atoms with Gasteiger partial charge in [-0.05, 0) is 30.0 Å². The number of rotatable bonds is 5. The molecule has 0 atom stereocenters. The fourth-order valence-electron chi connectivity index (χ4n) is 2.20. The SMILES string of the molecule is CSc1ccc(-c2csc(NC(=O)Cc3ccccc3F)n2)cc1. The predicted molar refractivity (Wildman–Crippen MR) is 98.1 cm³/mol. The first-order valence-electron chi connectivity index (χ1n) is 7.29. The highest BCUT2D eigenvalue weighted by atomic mass is 32.2. The van der Waals surface area contributed by atoms with Gasteiger partial charge in [0.25, 0.3) is 0 Å². The number of thioether (sulfide) groups is 1. The Bertz CT molecular complexity index is 846. The van der Waals surface area contributed by atoms with Gasteiger partial charge in [0.15, 0.2) is 5.13 Å². The molecule has 6 heteroatoms. The molecule has 3 nitrogen and oxygen atoms in total. The van der Waals surface area contributed by atoms with Crippen molar-refractivity contribution >= 4 is 34.1 Å². The van der Waals surface area contributed by atoms with Gasteiger partial charge in [-0.1, -0.05) is 30.3 Å². The van der Waals surface area contributed by atoms with E-state index in [1.165, 1.54) is 22.3 Å². The number of thiazole rings is 1. The number of benzene rings is 2. The molecule has 24 heavy (non-hydrogen) atoms. The van der Waals surface area contributed by atoms with E-state index in [1.807, 2.05) is 35.9 Å². The molecule has 0 radical (unpaired) electrons. The normalized spacial score (nSPS) is 10.6. The zero-order chi connectivity index (χ0) is 16.9. The van der Waals surface area contributed by atoms with Gasteiger partial charge in [-0.15, -0.1) is 23.1 Å². The maximum absolute atomic E-state index is 13.6. The standard InChI is InChI=1S/C18H15FN2OS2/c1-23-14-8-6-12(7-9-14)16-11-24-18(20-16)21-17(22)10-13-4-2-3-5-15(13)19/h2-9,11H,10H2,1H3,(H,20,21,22). The van der Waals surface area contributed by atoms with E-state index in [0.29, 0.717) is 10.7 Å². The zero-order valence-corrected chi connectivity index (χ0v) is 14.6. The number of nitrogens with one attached hydrogen (secondary N) is 1. The number of halogens is 1. The Kier molecular flexibility index (Phi) is 5.27. The Balaban J connectivity index is 1.67. The smallest absolute Gasteiger partial charge is 0.230 e. The monoisotopic (exact) mass is 358 g/mol. The van der Waals surface area contributed by atoms with Crippen molar-refractivity contribution in [1.29, 1.82) is 0 Å². The molecule has 0 saturated carbocycles. The highest BCUT2D eigenvalue weighted by Crippen LogP contribution is 2.26. The van der Waals surface area contributed by atoms with Gasteiger partial charge in [-0.2, -0.15) is 0 Å². The van der Waals surface area contributed by atoms with E-state index < -0.39 is 0 Å². The van der Waals surface area contributed by atoms with E-state index in [1.54, 1.807) is 30.0 Å². The third kappa shape index (κ3) is 4.01. The molecule has 1 aromatic heterocycles. The number of aromatic nitrogens is 1. The lowest BCUT2D eigenvalue weighted by Gasteiger charge is -2.03. The lowest BCUT2D eigenvalue weighted by atomic mass is 10.1. The molecular weight excluding hydrogens is 343 g/mol. The number of carbonyl (C=O) groups is 1. The fourth-order valence-corrected chi connectivity index (χ4v) is 3.35. The summed E-state index contributed by atoms with van der Waals surface area (Å²) >= 11 is 3.04. The van der Waals surface area contributed by atoms with E-state index in [4.69, 9.17) is 0 Å². The van der Waals surface area contributed by atoms with Gasteiger partial charge in [-0.3, -0.25) is 4.79 Å². The van der Waals surface area contributed by atoms with Crippen LogP contribution >= 0.6 is 23.1 Å². The molecule has 1 heterocycles. The number of anilines is 1. The highest BCUT2D eigenvalue weighted by Gasteiger charge is 2.11. The van der Waals surface area contributed by atoms with Gasteiger partial charge in [0.2, 0.25) is 5.91 Å². The Morgan fingerprint density at radius 2 is 1.96 bits per heavy atom. The summed E-state index contributed by atoms with van der Waals surface area (Å²) in [5, 5.41) is 5.14. The molecule has 1 amide bonds. The molecule has 3 aromatic rings. The van der Waals surface area contributed by atoms with Crippen LogP contribution in [0.1, 0.15) is 5.56 Å². The van der Waals surface area contributed by atoms with E-state index in [2.05, 4.69) is 10.3 Å². The summed E-state index contributed by atoms with van der Waals surface area (Å²) in [6.07, 6.45) is 2.02. The lowest BCUT2D eigenvalue weighted by Crippen LogP contribution is -2.15. The highest BCUT2D eigenvalue weighted by molar-refractivity contribution is 7.98. The first-order valence-corrected chi connectivity index (χ1v) is 9.39. The van der Waals surface area contributed by atoms with E-state index in [-0.39, 0.29) is 18.1 Å². The van der Waals surface area contributed by atoms with Crippen molar-refractivity contribution in [2.24, 2.45) is 0 Å². The number of hydrogen-bond donors (Lipinski definition) is 1. The van der Waals surface area contributed by atoms with Crippen molar-refractivity contribution in [2.45, 2.75) is 11.3 Å². The Hall–Kier alpha value is -2.18. The summed E-state index contributed by atoms with van der Waals surface area (Å²) in [6.45, 7) is 0. The van der Waals surface area contributed by atoms with Crippen molar-refractivity contribution in [3.63, 3.8) is 0 Å². The minimum Gasteiger partial charge on any atom is -0.302 e. The van der Waals surface area contributed by atoms with Crippen LogP contribution in [0.5, 0.6) is 0 Å². The van der Waals surface area contributed by atoms with Crippen molar-refractivity contribution < 1.29 is 9.18 Å². The lowest BCUT2D eigenvalue weighted by molar-refractivity contribution is -0.115. The fraction of sp³-hybridized carbons (Fsp3) is 0.111. The van der Waals surface area contributed by atoms with Crippen LogP contribution in [0.25, 0.3) is 11.3 Å². The van der Waals surface area contributed by atoms with E-state index in [9.17, 15) is 9.18 Å². The summed E-state index contributed by atoms with van der Waals surface area (Å²) in [6, 6.07) is 14.4. The Labute approximate surface area is 148 Å². The van der Waals surface area contributed by atoms with Crippen LogP contribution in [0, 0.1) is 5.82 Å². The van der Waals surface area contributed by atoms with Crippen LogP contribution in [0.15, 0.2) is 58.8 Å². The van der Waals surface area contributed by atoms with Crippen LogP contribution in [0.4, 0.5) is 9.52 Å². The molecule has 122 valence electrons. The van der Waals surface area contributed by atoms with Gasteiger partial charge in [0.05, 0.1) is 12.1 Å². The number of amides is 1. The molecule has 0 spiro atoms. The topological polar surface area (TPSA) is 42.0 Å². The molecule has 0 saturated heterocycles. The van der Waals surface area contributed by atoms with Crippen LogP contribution in [-0.4, -0.2) is 17.1 Å². The van der Waals surface area contributed by atoms with Crippen molar-refractivity contribution in [2.75, 3.05) is 11.6 Å². The molecule has 0 unspecified atom stereocenters. The van der Waals surface area contributed by atoms with Crippen LogP contribution in [-0.2, 0) is 11.2 Å². The van der Waals surface area contributed by atoms with Gasteiger partial charge < -0.3 is 5.32 Å². The molecule has 3 rings (SSSR count). The summed E-state index contributed by atoms with van der Waals surface area (Å²) in [5.41, 5.74) is 2.19. The largest absolute Gasteiger partial charge is 0.302 e. The van der Waals surface area contributed by atoms with Gasteiger partial charge in [0, 0.05) is 15.8 Å². The first-order chi connectivity index (χ1) is 11.7. The van der Waals surface area contributed by atoms with Crippen LogP contribution in [0.3, 0.4) is 0 Å². The van der Waals surface area contributed by atoms with E-state index >= 15 is 0 Å². The summed E-state index contributed by atoms with van der Waals surface area (Å²) in [5.74, 6) is -0.653. The molecule has 1 N–H and O–H groups in total. The van der Waals surface area contributed by atoms with Crippen LogP contribution < -0.4 is 5.32 Å². The second-order valence-electron chi connectivity index (χ2n) is 5.08. The van der Waals surface area contributed by atoms with Crippen LogP contribution in [0.2, 0.25) is 0 Å². The second-order valence-corrected chi connectivity index (χ2v) is 6.82. The minimum absolute atomic E-state index is 0.00991. The maximum atomic E-state index is 13.6. The Morgan fingerprint density at radius 3 is 2.67 bits per heavy atom. The van der Waals surface area contributed by atoms with Crippen molar-refractivity contribution in [3.05, 3.63) is 65.3 Å². The summed E-state index contributed by atoms with van der Waals surface area (Å²) < 4.78 is 13.6. The van der Waals surface area contributed by atoms with Gasteiger partial charge in [0.1, 0.15) is 5.82 Å². The number of carbonyl (C=O) groups excluding carboxylic acids is 1. The average molecular weight is 358 g/mol. The molecule has 2 aromatic carbocycles. The average Bonchev–Trinajstić information content (AvgIpc) is 3.05. The minimum atomic E-state index is -0.374. The first kappa shape index (κ1) is 16.7. The maximum Gasteiger partial charge on any atom is 0.230 e. The second kappa shape index (κ2) is 7.59. The third-order valence-corrected chi connectivity index (χ3v) is 4.95. The molecule has 0 fully saturated rings. The number of nitrogens with zero attached hydrogens (tertiary/aromatic N) is 1. The summed E-state index contributed by atoms with van der Waals surface area (Å²) in [7, 11) is 0. The molecule has 0 aliphatic rings. The zero-order valence-electron chi connectivity index (χ0n) is 13.0. The third-order valence-electron chi connectivity index (χ3n) is 3.45. The summed E-state index contributed by atoms with van der Waals surface area (Å²) in [4.78, 5) is 17.7. The molecule has 0 aliphatic heterocycles. The molecule has 0 bridgehead atoms. The van der Waals surface area contributed by atoms with E-state index in [0.717, 1.165) is 11.3 Å².